The largest absolute Gasteiger partial charge is 0.508 e. The number of benzene rings is 3. The van der Waals surface area contributed by atoms with Crippen LogP contribution in [0.4, 0.5) is 10.5 Å². The molecule has 4 atom stereocenters. The number of aryl methyl sites for hydroxylation is 1. The lowest BCUT2D eigenvalue weighted by atomic mass is 9.92. The predicted molar refractivity (Wildman–Crippen MR) is 181 cm³/mol. The minimum absolute atomic E-state index is 0.0993. The maximum Gasteiger partial charge on any atom is 0.408 e. The smallest absolute Gasteiger partial charge is 0.408 e. The van der Waals surface area contributed by atoms with Crippen LogP contribution in [0.2, 0.25) is 0 Å². The molecule has 0 aromatic heterocycles. The zero-order chi connectivity index (χ0) is 33.5. The molecule has 45 heavy (non-hydrogen) atoms. The molecule has 0 aliphatic rings. The summed E-state index contributed by atoms with van der Waals surface area (Å²) in [4.78, 5) is 43.8. The van der Waals surface area contributed by atoms with Gasteiger partial charge in [0.1, 0.15) is 23.4 Å². The highest BCUT2D eigenvalue weighted by Gasteiger charge is 2.40. The van der Waals surface area contributed by atoms with Crippen LogP contribution in [0.5, 0.6) is 5.75 Å². The Morgan fingerprint density at radius 3 is 2.18 bits per heavy atom. The van der Waals surface area contributed by atoms with Crippen molar-refractivity contribution in [3.05, 3.63) is 71.8 Å². The lowest BCUT2D eigenvalue weighted by Gasteiger charge is -2.40. The number of fused-ring (bicyclic) bond motifs is 1. The molecule has 0 radical (unpaired) electrons. The summed E-state index contributed by atoms with van der Waals surface area (Å²) in [6.07, 6.45) is 1.42. The average Bonchev–Trinajstić information content (AvgIpc) is 2.97. The highest BCUT2D eigenvalue weighted by molar-refractivity contribution is 6.00. The van der Waals surface area contributed by atoms with Crippen LogP contribution in [0, 0.1) is 18.8 Å². The fraction of sp³-hybridized carbons (Fsp3) is 0.486. The first kappa shape index (κ1) is 35.4. The number of hydrogen-bond acceptors (Lipinski definition) is 5. The first-order valence-electron chi connectivity index (χ1n) is 16.0. The number of nitrogens with zero attached hydrogens (tertiary/aromatic N) is 1. The summed E-state index contributed by atoms with van der Waals surface area (Å²) < 4.78 is 5.54. The van der Waals surface area contributed by atoms with Crippen LogP contribution in [0.1, 0.15) is 91.8 Å². The van der Waals surface area contributed by atoms with Crippen LogP contribution in [0.25, 0.3) is 10.8 Å². The molecule has 0 spiro atoms. The molecule has 0 aliphatic heterocycles. The second-order valence-electron chi connectivity index (χ2n) is 13.6. The minimum Gasteiger partial charge on any atom is -0.508 e. The second-order valence-corrected chi connectivity index (χ2v) is 13.6. The van der Waals surface area contributed by atoms with E-state index in [1.165, 1.54) is 0 Å². The van der Waals surface area contributed by atoms with E-state index in [2.05, 4.69) is 24.5 Å². The van der Waals surface area contributed by atoms with E-state index in [1.807, 2.05) is 63.2 Å². The van der Waals surface area contributed by atoms with E-state index in [4.69, 9.17) is 4.74 Å². The summed E-state index contributed by atoms with van der Waals surface area (Å²) in [5.41, 5.74) is 1.01. The monoisotopic (exact) mass is 617 g/mol. The SMILES string of the molecule is CCC(C)C(NC(=O)OC(C)(C)C)C(=O)N(C(C)CCC(C)C)C(C(=O)Nc1ccc2ccccc2c1)c1ccc(O)c(C)c1. The summed E-state index contributed by atoms with van der Waals surface area (Å²) in [6.45, 7) is 17.1. The van der Waals surface area contributed by atoms with Crippen molar-refractivity contribution in [3.63, 3.8) is 0 Å². The molecule has 0 aliphatic carbocycles. The zero-order valence-electron chi connectivity index (χ0n) is 28.3. The predicted octanol–water partition coefficient (Wildman–Crippen LogP) is 8.13. The molecule has 0 fully saturated rings. The molecule has 3 aromatic carbocycles. The Kier molecular flexibility index (Phi) is 12.0. The van der Waals surface area contributed by atoms with Gasteiger partial charge in [0.2, 0.25) is 5.91 Å². The van der Waals surface area contributed by atoms with Gasteiger partial charge in [-0.25, -0.2) is 4.79 Å². The quantitative estimate of drug-likeness (QED) is 0.190. The topological polar surface area (TPSA) is 108 Å². The van der Waals surface area contributed by atoms with E-state index in [0.29, 0.717) is 35.6 Å². The van der Waals surface area contributed by atoms with E-state index in [0.717, 1.165) is 17.2 Å². The van der Waals surface area contributed by atoms with Crippen LogP contribution < -0.4 is 10.6 Å². The Bertz CT molecular complexity index is 1480. The third kappa shape index (κ3) is 9.71. The van der Waals surface area contributed by atoms with Crippen molar-refractivity contribution in [2.75, 3.05) is 5.32 Å². The number of alkyl carbamates (subject to hydrolysis) is 1. The van der Waals surface area contributed by atoms with Gasteiger partial charge >= 0.3 is 6.09 Å². The van der Waals surface area contributed by atoms with Crippen LogP contribution in [-0.4, -0.2) is 45.6 Å². The van der Waals surface area contributed by atoms with Crippen molar-refractivity contribution in [2.45, 2.75) is 105 Å². The standard InChI is InChI=1S/C37H51N3O5/c1-10-24(4)32(39-36(44)45-37(7,8)9)35(43)40(26(6)16-15-23(2)3)33(29-18-20-31(41)25(5)21-29)34(42)38-30-19-17-27-13-11-12-14-28(27)22-30/h11-14,17-24,26,32-33,41H,10,15-16H2,1-9H3,(H,38,42)(H,39,44). The second kappa shape index (κ2) is 15.3. The molecule has 3 aromatic rings. The summed E-state index contributed by atoms with van der Waals surface area (Å²) in [7, 11) is 0. The van der Waals surface area contributed by atoms with E-state index >= 15 is 0 Å². The molecule has 0 bridgehead atoms. The van der Waals surface area contributed by atoms with Gasteiger partial charge in [0.05, 0.1) is 0 Å². The first-order chi connectivity index (χ1) is 21.1. The number of phenolic OH excluding ortho intramolecular Hbond substituents is 1. The molecular weight excluding hydrogens is 566 g/mol. The molecule has 3 amide bonds. The Balaban J connectivity index is 2.14. The molecule has 0 saturated carbocycles. The van der Waals surface area contributed by atoms with Gasteiger partial charge in [-0.05, 0) is 105 Å². The Morgan fingerprint density at radius 2 is 1.58 bits per heavy atom. The number of ether oxygens (including phenoxy) is 1. The molecule has 8 nitrogen and oxygen atoms in total. The first-order valence-corrected chi connectivity index (χ1v) is 16.0. The van der Waals surface area contributed by atoms with Crippen molar-refractivity contribution in [1.29, 1.82) is 0 Å². The maximum atomic E-state index is 14.8. The van der Waals surface area contributed by atoms with Crippen molar-refractivity contribution in [3.8, 4) is 5.75 Å². The summed E-state index contributed by atoms with van der Waals surface area (Å²) >= 11 is 0. The maximum absolute atomic E-state index is 14.8. The summed E-state index contributed by atoms with van der Waals surface area (Å²) in [6, 6.07) is 16.2. The van der Waals surface area contributed by atoms with Gasteiger partial charge in [0.15, 0.2) is 0 Å². The Hall–Kier alpha value is -4.07. The molecule has 3 N–H and O–H groups in total. The number of amides is 3. The summed E-state index contributed by atoms with van der Waals surface area (Å²) in [5.74, 6) is -0.510. The van der Waals surface area contributed by atoms with Gasteiger partial charge in [-0.2, -0.15) is 0 Å². The van der Waals surface area contributed by atoms with Gasteiger partial charge in [0, 0.05) is 11.7 Å². The van der Waals surface area contributed by atoms with E-state index in [-0.39, 0.29) is 29.5 Å². The number of anilines is 1. The van der Waals surface area contributed by atoms with Crippen LogP contribution in [-0.2, 0) is 14.3 Å². The Labute approximate surface area is 268 Å². The van der Waals surface area contributed by atoms with E-state index < -0.39 is 23.8 Å². The van der Waals surface area contributed by atoms with Gasteiger partial charge in [0.25, 0.3) is 5.91 Å². The van der Waals surface area contributed by atoms with Crippen molar-refractivity contribution in [1.82, 2.24) is 10.2 Å². The lowest BCUT2D eigenvalue weighted by Crippen LogP contribution is -2.57. The van der Waals surface area contributed by atoms with E-state index in [9.17, 15) is 19.5 Å². The fourth-order valence-corrected chi connectivity index (χ4v) is 5.36. The summed E-state index contributed by atoms with van der Waals surface area (Å²) in [5, 5.41) is 18.3. The fourth-order valence-electron chi connectivity index (χ4n) is 5.36. The number of hydrogen-bond donors (Lipinski definition) is 3. The van der Waals surface area contributed by atoms with Crippen LogP contribution in [0.15, 0.2) is 60.7 Å². The van der Waals surface area contributed by atoms with Gasteiger partial charge < -0.3 is 25.4 Å². The van der Waals surface area contributed by atoms with Crippen molar-refractivity contribution < 1.29 is 24.2 Å². The van der Waals surface area contributed by atoms with E-state index in [1.54, 1.807) is 50.8 Å². The molecule has 8 heteroatoms. The number of nitrogens with one attached hydrogen (secondary N) is 2. The number of carbonyl (C=O) groups excluding carboxylic acids is 3. The highest BCUT2D eigenvalue weighted by atomic mass is 16.6. The third-order valence-electron chi connectivity index (χ3n) is 8.12. The number of rotatable bonds is 12. The third-order valence-corrected chi connectivity index (χ3v) is 8.12. The molecule has 3 rings (SSSR count). The normalized spacial score (nSPS) is 14.4. The van der Waals surface area contributed by atoms with Gasteiger partial charge in [-0.1, -0.05) is 70.5 Å². The lowest BCUT2D eigenvalue weighted by molar-refractivity contribution is -0.144. The number of phenols is 1. The number of aromatic hydroxyl groups is 1. The highest BCUT2D eigenvalue weighted by Crippen LogP contribution is 2.32. The van der Waals surface area contributed by atoms with Gasteiger partial charge in [-0.3, -0.25) is 9.59 Å². The average molecular weight is 618 g/mol. The van der Waals surface area contributed by atoms with Crippen molar-refractivity contribution in [2.24, 2.45) is 11.8 Å². The number of carbonyl (C=O) groups is 3. The minimum atomic E-state index is -1.04. The van der Waals surface area contributed by atoms with Gasteiger partial charge in [-0.15, -0.1) is 0 Å². The zero-order valence-corrected chi connectivity index (χ0v) is 28.3. The Morgan fingerprint density at radius 1 is 0.911 bits per heavy atom. The molecule has 4 unspecified atom stereocenters. The van der Waals surface area contributed by atoms with Crippen LogP contribution in [0.3, 0.4) is 0 Å². The van der Waals surface area contributed by atoms with Crippen LogP contribution >= 0.6 is 0 Å². The molecule has 244 valence electrons. The molecule has 0 saturated heterocycles. The van der Waals surface area contributed by atoms with Crippen molar-refractivity contribution >= 4 is 34.4 Å². The molecule has 0 heterocycles. The molecular formula is C37H51N3O5.